The number of amides is 1. The Bertz CT molecular complexity index is 727. The van der Waals surface area contributed by atoms with Gasteiger partial charge in [-0.05, 0) is 30.7 Å². The van der Waals surface area contributed by atoms with E-state index in [1.807, 2.05) is 6.92 Å². The number of nitrogens with one attached hydrogen (secondary N) is 1. The monoisotopic (exact) mass is 290 g/mol. The number of aromatic nitrogens is 2. The van der Waals surface area contributed by atoms with E-state index in [-0.39, 0.29) is 24.6 Å². The van der Waals surface area contributed by atoms with Gasteiger partial charge < -0.3 is 11.1 Å². The van der Waals surface area contributed by atoms with Crippen molar-refractivity contribution >= 4 is 17.3 Å². The van der Waals surface area contributed by atoms with E-state index in [1.165, 1.54) is 22.9 Å². The average Bonchev–Trinajstić information content (AvgIpc) is 2.43. The summed E-state index contributed by atoms with van der Waals surface area (Å²) in [5.41, 5.74) is 6.52. The molecule has 0 spiro atoms. The van der Waals surface area contributed by atoms with Gasteiger partial charge in [0.1, 0.15) is 5.82 Å². The first-order valence-electron chi connectivity index (χ1n) is 6.33. The molecule has 1 aromatic carbocycles. The summed E-state index contributed by atoms with van der Waals surface area (Å²) in [5, 5.41) is 2.58. The molecule has 0 fully saturated rings. The lowest BCUT2D eigenvalue weighted by atomic mass is 10.2. The molecule has 1 heterocycles. The molecule has 21 heavy (non-hydrogen) atoms. The maximum absolute atomic E-state index is 12.9. The van der Waals surface area contributed by atoms with Crippen LogP contribution in [0, 0.1) is 12.7 Å². The molecule has 1 amide bonds. The van der Waals surface area contributed by atoms with Gasteiger partial charge in [0, 0.05) is 25.4 Å². The predicted molar refractivity (Wildman–Crippen MR) is 77.3 cm³/mol. The second kappa shape index (κ2) is 6.17. The van der Waals surface area contributed by atoms with E-state index < -0.39 is 11.5 Å². The number of benzene rings is 1. The van der Waals surface area contributed by atoms with Crippen LogP contribution in [0.3, 0.4) is 0 Å². The summed E-state index contributed by atoms with van der Waals surface area (Å²) in [4.78, 5) is 27.0. The third kappa shape index (κ3) is 3.88. The molecule has 0 unspecified atom stereocenters. The summed E-state index contributed by atoms with van der Waals surface area (Å²) in [6.07, 6.45) is 3.19. The van der Waals surface area contributed by atoms with Gasteiger partial charge >= 0.3 is 5.69 Å². The number of aryl methyl sites for hydroxylation is 2. The minimum atomic E-state index is -0.470. The normalized spacial score (nSPS) is 10.4. The number of hydrogen-bond acceptors (Lipinski definition) is 4. The van der Waals surface area contributed by atoms with Crippen molar-refractivity contribution in [2.45, 2.75) is 19.9 Å². The summed E-state index contributed by atoms with van der Waals surface area (Å²) in [7, 11) is 0. The van der Waals surface area contributed by atoms with Crippen LogP contribution in [0.25, 0.3) is 0 Å². The van der Waals surface area contributed by atoms with Crippen LogP contribution in [0.2, 0.25) is 0 Å². The van der Waals surface area contributed by atoms with E-state index >= 15 is 0 Å². The molecule has 0 aliphatic rings. The van der Waals surface area contributed by atoms with Crippen LogP contribution in [0.5, 0.6) is 0 Å². The minimum absolute atomic E-state index is 0.0852. The van der Waals surface area contributed by atoms with Crippen molar-refractivity contribution in [2.24, 2.45) is 0 Å². The van der Waals surface area contributed by atoms with Crippen LogP contribution in [0.1, 0.15) is 12.0 Å². The molecule has 0 aliphatic heterocycles. The smallest absolute Gasteiger partial charge is 0.347 e. The number of carbonyl (C=O) groups is 1. The van der Waals surface area contributed by atoms with Crippen LogP contribution in [0.15, 0.2) is 35.4 Å². The van der Waals surface area contributed by atoms with Crippen LogP contribution in [0.4, 0.5) is 15.8 Å². The zero-order chi connectivity index (χ0) is 15.4. The lowest BCUT2D eigenvalue weighted by Gasteiger charge is -2.09. The molecule has 7 heteroatoms. The Balaban J connectivity index is 1.99. The molecule has 0 bridgehead atoms. The van der Waals surface area contributed by atoms with Crippen molar-refractivity contribution in [1.82, 2.24) is 9.55 Å². The van der Waals surface area contributed by atoms with Gasteiger partial charge in [0.25, 0.3) is 0 Å². The standard InChI is InChI=1S/C14H15FN4O2/c1-9-7-17-14(21)19(8-9)5-4-13(20)18-12-3-2-10(15)6-11(12)16/h2-3,6-8H,4-5,16H2,1H3,(H,18,20). The SMILES string of the molecule is Cc1cnc(=O)n(CCC(=O)Nc2ccc(F)cc2N)c1. The quantitative estimate of drug-likeness (QED) is 0.830. The van der Waals surface area contributed by atoms with Gasteiger partial charge in [-0.25, -0.2) is 14.2 Å². The van der Waals surface area contributed by atoms with E-state index in [0.717, 1.165) is 11.6 Å². The topological polar surface area (TPSA) is 90.0 Å². The lowest BCUT2D eigenvalue weighted by Crippen LogP contribution is -2.25. The van der Waals surface area contributed by atoms with Crippen molar-refractivity contribution < 1.29 is 9.18 Å². The van der Waals surface area contributed by atoms with Gasteiger partial charge in [0.05, 0.1) is 11.4 Å². The van der Waals surface area contributed by atoms with Gasteiger partial charge in [-0.3, -0.25) is 9.36 Å². The fourth-order valence-corrected chi connectivity index (χ4v) is 1.81. The number of carbonyl (C=O) groups excluding carboxylic acids is 1. The first-order chi connectivity index (χ1) is 9.95. The van der Waals surface area contributed by atoms with Crippen molar-refractivity contribution in [3.63, 3.8) is 0 Å². The Kier molecular flexibility index (Phi) is 4.32. The van der Waals surface area contributed by atoms with E-state index in [9.17, 15) is 14.0 Å². The van der Waals surface area contributed by atoms with Gasteiger partial charge in [0.2, 0.25) is 5.91 Å². The molecule has 0 saturated carbocycles. The van der Waals surface area contributed by atoms with Crippen molar-refractivity contribution in [2.75, 3.05) is 11.1 Å². The number of hydrogen-bond donors (Lipinski definition) is 2. The second-order valence-corrected chi connectivity index (χ2v) is 4.64. The van der Waals surface area contributed by atoms with Crippen molar-refractivity contribution in [3.05, 3.63) is 52.5 Å². The molecule has 2 rings (SSSR count). The molecule has 6 nitrogen and oxygen atoms in total. The van der Waals surface area contributed by atoms with Crippen LogP contribution in [-0.4, -0.2) is 15.5 Å². The highest BCUT2D eigenvalue weighted by molar-refractivity contribution is 5.93. The second-order valence-electron chi connectivity index (χ2n) is 4.64. The number of nitrogens with two attached hydrogens (primary N) is 1. The van der Waals surface area contributed by atoms with E-state index in [2.05, 4.69) is 10.3 Å². The highest BCUT2D eigenvalue weighted by Gasteiger charge is 2.07. The highest BCUT2D eigenvalue weighted by Crippen LogP contribution is 2.19. The predicted octanol–water partition coefficient (Wildman–Crippen LogP) is 1.30. The Labute approximate surface area is 120 Å². The molecule has 0 saturated heterocycles. The Morgan fingerprint density at radius 2 is 2.24 bits per heavy atom. The molecule has 2 aromatic rings. The number of halogens is 1. The van der Waals surface area contributed by atoms with Crippen LogP contribution in [-0.2, 0) is 11.3 Å². The molecule has 0 aliphatic carbocycles. The van der Waals surface area contributed by atoms with Crippen molar-refractivity contribution in [1.29, 1.82) is 0 Å². The van der Waals surface area contributed by atoms with Gasteiger partial charge in [0.15, 0.2) is 0 Å². The molecular weight excluding hydrogens is 275 g/mol. The summed E-state index contributed by atoms with van der Waals surface area (Å²) in [5.74, 6) is -0.787. The Morgan fingerprint density at radius 3 is 2.95 bits per heavy atom. The molecule has 1 aromatic heterocycles. The molecule has 0 atom stereocenters. The van der Waals surface area contributed by atoms with Crippen LogP contribution < -0.4 is 16.7 Å². The minimum Gasteiger partial charge on any atom is -0.397 e. The Morgan fingerprint density at radius 1 is 1.48 bits per heavy atom. The summed E-state index contributed by atoms with van der Waals surface area (Å²) in [6, 6.07) is 3.73. The third-order valence-corrected chi connectivity index (χ3v) is 2.85. The van der Waals surface area contributed by atoms with E-state index in [0.29, 0.717) is 5.69 Å². The first kappa shape index (κ1) is 14.7. The van der Waals surface area contributed by atoms with Crippen molar-refractivity contribution in [3.8, 4) is 0 Å². The number of nitrogens with zero attached hydrogens (tertiary/aromatic N) is 2. The lowest BCUT2D eigenvalue weighted by molar-refractivity contribution is -0.116. The fourth-order valence-electron chi connectivity index (χ4n) is 1.81. The maximum atomic E-state index is 12.9. The number of anilines is 2. The zero-order valence-electron chi connectivity index (χ0n) is 11.5. The average molecular weight is 290 g/mol. The highest BCUT2D eigenvalue weighted by atomic mass is 19.1. The fraction of sp³-hybridized carbons (Fsp3) is 0.214. The van der Waals surface area contributed by atoms with E-state index in [4.69, 9.17) is 5.73 Å². The third-order valence-electron chi connectivity index (χ3n) is 2.85. The molecular formula is C14H15FN4O2. The van der Waals surface area contributed by atoms with E-state index in [1.54, 1.807) is 6.20 Å². The number of nitrogen functional groups attached to an aromatic ring is 1. The van der Waals surface area contributed by atoms with Gasteiger partial charge in [-0.2, -0.15) is 0 Å². The summed E-state index contributed by atoms with van der Waals surface area (Å²) in [6.45, 7) is 2.02. The summed E-state index contributed by atoms with van der Waals surface area (Å²) < 4.78 is 14.3. The van der Waals surface area contributed by atoms with Crippen LogP contribution >= 0.6 is 0 Å². The molecule has 0 radical (unpaired) electrons. The van der Waals surface area contributed by atoms with Gasteiger partial charge in [-0.1, -0.05) is 0 Å². The van der Waals surface area contributed by atoms with Gasteiger partial charge in [-0.15, -0.1) is 0 Å². The number of rotatable bonds is 4. The largest absolute Gasteiger partial charge is 0.397 e. The molecule has 3 N–H and O–H groups in total. The molecule has 110 valence electrons. The maximum Gasteiger partial charge on any atom is 0.347 e. The first-order valence-corrected chi connectivity index (χ1v) is 6.33. The Hall–Kier alpha value is -2.70. The zero-order valence-corrected chi connectivity index (χ0v) is 11.5. The summed E-state index contributed by atoms with van der Waals surface area (Å²) >= 11 is 0.